The molecule has 0 spiro atoms. The molecular weight excluding hydrogens is 284 g/mol. The summed E-state index contributed by atoms with van der Waals surface area (Å²) < 4.78 is 15.9. The largest absolute Gasteiger partial charge is 0.497 e. The van der Waals surface area contributed by atoms with Crippen molar-refractivity contribution in [2.24, 2.45) is 5.92 Å². The molecule has 0 unspecified atom stereocenters. The molecule has 1 amide bonds. The third-order valence-electron chi connectivity index (χ3n) is 2.86. The molecule has 1 aromatic heterocycles. The van der Waals surface area contributed by atoms with Crippen LogP contribution in [0.25, 0.3) is 0 Å². The van der Waals surface area contributed by atoms with Crippen molar-refractivity contribution in [1.29, 1.82) is 0 Å². The Morgan fingerprint density at radius 3 is 2.86 bits per heavy atom. The second-order valence-corrected chi connectivity index (χ2v) is 5.20. The number of methoxy groups -OCH3 is 1. The molecule has 1 N–H and O–H groups in total. The Bertz CT molecular complexity index is 622. The maximum Gasteiger partial charge on any atom is 0.273 e. The minimum absolute atomic E-state index is 0.143. The fourth-order valence-electron chi connectivity index (χ4n) is 1.70. The van der Waals surface area contributed by atoms with Crippen LogP contribution in [0.5, 0.6) is 11.5 Å². The van der Waals surface area contributed by atoms with Crippen LogP contribution in [0.2, 0.25) is 0 Å². The fraction of sp³-hybridized carbons (Fsp3) is 0.375. The summed E-state index contributed by atoms with van der Waals surface area (Å²) in [5, 5.41) is 2.78. The van der Waals surface area contributed by atoms with Crippen LogP contribution in [0.15, 0.2) is 34.9 Å². The van der Waals surface area contributed by atoms with Crippen molar-refractivity contribution < 1.29 is 18.7 Å². The van der Waals surface area contributed by atoms with E-state index in [2.05, 4.69) is 10.3 Å². The minimum Gasteiger partial charge on any atom is -0.497 e. The zero-order valence-electron chi connectivity index (χ0n) is 13.0. The highest BCUT2D eigenvalue weighted by molar-refractivity contribution is 5.91. The minimum atomic E-state index is -0.245. The van der Waals surface area contributed by atoms with Gasteiger partial charge in [0, 0.05) is 12.6 Å². The van der Waals surface area contributed by atoms with E-state index in [1.54, 1.807) is 13.2 Å². The summed E-state index contributed by atoms with van der Waals surface area (Å²) in [5.74, 6) is 1.83. The van der Waals surface area contributed by atoms with Gasteiger partial charge >= 0.3 is 0 Å². The number of hydrogen-bond acceptors (Lipinski definition) is 5. The first-order valence-electron chi connectivity index (χ1n) is 7.08. The van der Waals surface area contributed by atoms with Crippen LogP contribution in [-0.4, -0.2) is 24.5 Å². The van der Waals surface area contributed by atoms with Gasteiger partial charge in [-0.2, -0.15) is 0 Å². The number of nitrogens with one attached hydrogen (secondary N) is 1. The van der Waals surface area contributed by atoms with Crippen LogP contribution in [0.1, 0.15) is 30.2 Å². The van der Waals surface area contributed by atoms with Gasteiger partial charge in [-0.25, -0.2) is 4.98 Å². The number of aromatic nitrogens is 1. The Labute approximate surface area is 129 Å². The predicted octanol–water partition coefficient (Wildman–Crippen LogP) is 2.65. The molecule has 6 nitrogen and oxygen atoms in total. The Balaban J connectivity index is 1.90. The molecule has 2 rings (SSSR count). The summed E-state index contributed by atoms with van der Waals surface area (Å²) in [6.45, 7) is 4.79. The summed E-state index contributed by atoms with van der Waals surface area (Å²) in [7, 11) is 1.59. The van der Waals surface area contributed by atoms with Gasteiger partial charge in [0.2, 0.25) is 5.89 Å². The van der Waals surface area contributed by atoms with Crippen molar-refractivity contribution >= 4 is 5.91 Å². The Hall–Kier alpha value is -2.50. The summed E-state index contributed by atoms with van der Waals surface area (Å²) in [6.07, 6.45) is 1.33. The van der Waals surface area contributed by atoms with Gasteiger partial charge in [-0.1, -0.05) is 19.9 Å². The van der Waals surface area contributed by atoms with Gasteiger partial charge in [0.15, 0.2) is 12.3 Å². The standard InChI is InChI=1S/C16H20N2O4/c1-11(2)8-17-16(19)14-9-22-15(18-14)10-21-13-6-4-5-12(7-13)20-3/h4-7,9,11H,8,10H2,1-3H3,(H,17,19). The van der Waals surface area contributed by atoms with E-state index < -0.39 is 0 Å². The molecule has 0 atom stereocenters. The number of amides is 1. The Kier molecular flexibility index (Phi) is 5.41. The van der Waals surface area contributed by atoms with Crippen molar-refractivity contribution in [2.75, 3.05) is 13.7 Å². The third kappa shape index (κ3) is 4.51. The number of nitrogens with zero attached hydrogens (tertiary/aromatic N) is 1. The molecular formula is C16H20N2O4. The molecule has 1 heterocycles. The van der Waals surface area contributed by atoms with Crippen LogP contribution in [-0.2, 0) is 6.61 Å². The van der Waals surface area contributed by atoms with Gasteiger partial charge in [-0.05, 0) is 18.1 Å². The van der Waals surface area contributed by atoms with Crippen LogP contribution in [0, 0.1) is 5.92 Å². The zero-order valence-corrected chi connectivity index (χ0v) is 13.0. The Morgan fingerprint density at radius 2 is 2.14 bits per heavy atom. The Morgan fingerprint density at radius 1 is 1.36 bits per heavy atom. The lowest BCUT2D eigenvalue weighted by Crippen LogP contribution is -2.27. The van der Waals surface area contributed by atoms with Crippen molar-refractivity contribution in [3.63, 3.8) is 0 Å². The van der Waals surface area contributed by atoms with Gasteiger partial charge < -0.3 is 19.2 Å². The van der Waals surface area contributed by atoms with Gasteiger partial charge in [0.05, 0.1) is 7.11 Å². The monoisotopic (exact) mass is 304 g/mol. The highest BCUT2D eigenvalue weighted by atomic mass is 16.5. The van der Waals surface area contributed by atoms with Gasteiger partial charge in [0.1, 0.15) is 17.8 Å². The molecule has 0 saturated heterocycles. The van der Waals surface area contributed by atoms with Crippen LogP contribution in [0.3, 0.4) is 0 Å². The van der Waals surface area contributed by atoms with E-state index in [1.165, 1.54) is 6.26 Å². The normalized spacial score (nSPS) is 10.5. The van der Waals surface area contributed by atoms with Crippen molar-refractivity contribution in [3.8, 4) is 11.5 Å². The molecule has 118 valence electrons. The van der Waals surface area contributed by atoms with Gasteiger partial charge in [-0.3, -0.25) is 4.79 Å². The molecule has 1 aromatic carbocycles. The maximum absolute atomic E-state index is 11.8. The smallest absolute Gasteiger partial charge is 0.273 e. The fourth-order valence-corrected chi connectivity index (χ4v) is 1.70. The van der Waals surface area contributed by atoms with E-state index in [-0.39, 0.29) is 18.2 Å². The van der Waals surface area contributed by atoms with E-state index in [1.807, 2.05) is 32.0 Å². The molecule has 0 bridgehead atoms. The quantitative estimate of drug-likeness (QED) is 0.851. The maximum atomic E-state index is 11.8. The van der Waals surface area contributed by atoms with Crippen molar-refractivity contribution in [2.45, 2.75) is 20.5 Å². The molecule has 22 heavy (non-hydrogen) atoms. The second-order valence-electron chi connectivity index (χ2n) is 5.20. The van der Waals surface area contributed by atoms with E-state index in [4.69, 9.17) is 13.9 Å². The van der Waals surface area contributed by atoms with E-state index in [0.29, 0.717) is 29.9 Å². The summed E-state index contributed by atoms with van der Waals surface area (Å²) >= 11 is 0. The highest BCUT2D eigenvalue weighted by Gasteiger charge is 2.12. The summed E-state index contributed by atoms with van der Waals surface area (Å²) in [6, 6.07) is 7.23. The van der Waals surface area contributed by atoms with Crippen LogP contribution in [0.4, 0.5) is 0 Å². The van der Waals surface area contributed by atoms with E-state index >= 15 is 0 Å². The average Bonchev–Trinajstić information content (AvgIpc) is 3.00. The molecule has 0 aliphatic heterocycles. The predicted molar refractivity (Wildman–Crippen MR) is 81.0 cm³/mol. The number of hydrogen-bond donors (Lipinski definition) is 1. The lowest BCUT2D eigenvalue weighted by atomic mass is 10.2. The van der Waals surface area contributed by atoms with Crippen molar-refractivity contribution in [3.05, 3.63) is 42.1 Å². The van der Waals surface area contributed by atoms with Crippen LogP contribution < -0.4 is 14.8 Å². The van der Waals surface area contributed by atoms with E-state index in [9.17, 15) is 4.79 Å². The number of carbonyl (C=O) groups is 1. The van der Waals surface area contributed by atoms with Crippen molar-refractivity contribution in [1.82, 2.24) is 10.3 Å². The van der Waals surface area contributed by atoms with Gasteiger partial charge in [-0.15, -0.1) is 0 Å². The molecule has 0 aliphatic rings. The molecule has 0 saturated carbocycles. The first-order chi connectivity index (χ1) is 10.6. The number of ether oxygens (including phenoxy) is 2. The zero-order chi connectivity index (χ0) is 15.9. The highest BCUT2D eigenvalue weighted by Crippen LogP contribution is 2.19. The first kappa shape index (κ1) is 15.9. The average molecular weight is 304 g/mol. The summed E-state index contributed by atoms with van der Waals surface area (Å²) in [5.41, 5.74) is 0.255. The number of oxazole rings is 1. The second kappa shape index (κ2) is 7.49. The molecule has 0 radical (unpaired) electrons. The number of benzene rings is 1. The van der Waals surface area contributed by atoms with Crippen LogP contribution >= 0.6 is 0 Å². The topological polar surface area (TPSA) is 73.6 Å². The molecule has 2 aromatic rings. The van der Waals surface area contributed by atoms with E-state index in [0.717, 1.165) is 0 Å². The number of rotatable bonds is 7. The molecule has 6 heteroatoms. The lowest BCUT2D eigenvalue weighted by molar-refractivity contribution is 0.0944. The molecule has 0 aliphatic carbocycles. The molecule has 0 fully saturated rings. The lowest BCUT2D eigenvalue weighted by Gasteiger charge is -2.05. The SMILES string of the molecule is COc1cccc(OCc2nc(C(=O)NCC(C)C)co2)c1. The first-order valence-corrected chi connectivity index (χ1v) is 7.08. The number of carbonyl (C=O) groups excluding carboxylic acids is 1. The summed E-state index contributed by atoms with van der Waals surface area (Å²) in [4.78, 5) is 15.9. The van der Waals surface area contributed by atoms with Gasteiger partial charge in [0.25, 0.3) is 5.91 Å². The third-order valence-corrected chi connectivity index (χ3v) is 2.86.